The number of ketones is 2. The maximum absolute atomic E-state index is 10.5. The molecule has 0 fully saturated rings. The standard InChI is InChI=1S/C7H10O6.C7H8O5.2C7H6O2.C6H8O7.C6H8O6.C6H6.4CO2.2CH4/c1-4(8)2-7(13,6(11)12)3-5(9)10;1-4(8)2-5(7(11)12)3-6(9)10;2*8-7(9)6-4-2-1-3-5-6;7-3(8)1-2(5(10)11)4(9)6(12)13;7-4(8)1-3(6(11)12)2-5(9)10;1-2-4-6-5-3-1;4*2-1-3;;/h13H,2-3H2,1H3,(H,9,10)(H,11,12);3H,2H2,1H3,(H,9,10)(H,11,12);2*1-5H,(H,8,9);2,4,9H,1H2,(H,7,8)(H,10,11)(H,12,13);3H,1-2H2,(H,7,8)(H,9,10)(H,11,12);1-6H;;;;;2*1H4/b;5-3-;;;;;;;;;;;. The molecule has 0 radical (unpaired) electrons. The number of aromatic carboxylic acids is 2. The van der Waals surface area contributed by atoms with Crippen LogP contribution in [-0.4, -0.2) is 191 Å². The molecule has 88 heavy (non-hydrogen) atoms. The normalized spacial score (nSPS) is 9.85. The van der Waals surface area contributed by atoms with Gasteiger partial charge in [0.2, 0.25) is 0 Å². The van der Waals surface area contributed by atoms with Crippen LogP contribution >= 0.6 is 0 Å². The van der Waals surface area contributed by atoms with Gasteiger partial charge >= 0.3 is 96.2 Å². The zero-order chi connectivity index (χ0) is 69.1. The highest BCUT2D eigenvalue weighted by atomic mass is 16.4. The molecule has 14 N–H and O–H groups in total. The van der Waals surface area contributed by atoms with Gasteiger partial charge < -0.3 is 71.5 Å². The summed E-state index contributed by atoms with van der Waals surface area (Å²) in [6.07, 6.45) is -4.98. The molecule has 484 valence electrons. The average Bonchev–Trinajstić information content (AvgIpc) is 3.39. The number of carboxylic acids is 12. The second-order valence-electron chi connectivity index (χ2n) is 14.4. The maximum Gasteiger partial charge on any atom is 0.373 e. The predicted octanol–water partition coefficient (Wildman–Crippen LogP) is 0.955. The number of aliphatic hydroxyl groups excluding tert-OH is 1. The number of hydrogen-bond donors (Lipinski definition) is 14. The number of rotatable bonds is 21. The molecule has 3 unspecified atom stereocenters. The first-order valence-electron chi connectivity index (χ1n) is 21.7. The van der Waals surface area contributed by atoms with E-state index in [1.165, 1.54) is 6.92 Å². The summed E-state index contributed by atoms with van der Waals surface area (Å²) in [6.45, 7) is 2.27. The number of benzene rings is 3. The molecule has 36 heteroatoms. The topological polar surface area (TPSA) is 659 Å². The van der Waals surface area contributed by atoms with Crippen LogP contribution in [0.15, 0.2) is 109 Å². The summed E-state index contributed by atoms with van der Waals surface area (Å²) in [5, 5.41) is 118. The van der Waals surface area contributed by atoms with Crippen LogP contribution in [0.5, 0.6) is 0 Å². The van der Waals surface area contributed by atoms with Crippen molar-refractivity contribution in [3.63, 3.8) is 0 Å². The van der Waals surface area contributed by atoms with E-state index in [0.717, 1.165) is 6.92 Å². The Morgan fingerprint density at radius 3 is 0.898 bits per heavy atom. The first kappa shape index (κ1) is 98.0. The molecule has 0 aromatic heterocycles. The third kappa shape index (κ3) is 71.8. The van der Waals surface area contributed by atoms with Gasteiger partial charge in [-0.2, -0.15) is 38.4 Å². The zero-order valence-electron chi connectivity index (χ0n) is 44.0. The number of aliphatic hydroxyl groups is 2. The van der Waals surface area contributed by atoms with Crippen molar-refractivity contribution in [2.45, 2.75) is 78.9 Å². The Morgan fingerprint density at radius 1 is 0.432 bits per heavy atom. The van der Waals surface area contributed by atoms with Crippen LogP contribution in [0.2, 0.25) is 0 Å². The Hall–Kier alpha value is -12.2. The minimum absolute atomic E-state index is 0. The van der Waals surface area contributed by atoms with Crippen LogP contribution in [0.4, 0.5) is 0 Å². The predicted molar refractivity (Wildman–Crippen MR) is 278 cm³/mol. The molecule has 0 bridgehead atoms. The summed E-state index contributed by atoms with van der Waals surface area (Å²) in [5.41, 5.74) is -2.23. The van der Waals surface area contributed by atoms with Crippen molar-refractivity contribution in [2.24, 2.45) is 11.8 Å². The minimum Gasteiger partial charge on any atom is -0.481 e. The summed E-state index contributed by atoms with van der Waals surface area (Å²) in [6, 6.07) is 28.6. The molecule has 3 aromatic rings. The molecule has 3 atom stereocenters. The second-order valence-corrected chi connectivity index (χ2v) is 14.4. The van der Waals surface area contributed by atoms with E-state index in [9.17, 15) is 72.2 Å². The fourth-order valence-electron chi connectivity index (χ4n) is 4.39. The molecule has 0 aliphatic heterocycles. The monoisotopic (exact) mass is 1260 g/mol. The molecule has 0 saturated heterocycles. The number of aliphatic carboxylic acids is 10. The highest BCUT2D eigenvalue weighted by molar-refractivity contribution is 5.99. The highest BCUT2D eigenvalue weighted by Crippen LogP contribution is 2.16. The SMILES string of the molecule is C.C.CC(=O)C/C(=C/C(=O)O)C(=O)O.CC(=O)CC(O)(CC(=O)O)C(=O)O.O=C(O)CC(C(=O)O)C(O)C(=O)O.O=C(O)CC(CC(=O)O)C(=O)O.O=C(O)c1ccccc1.O=C(O)c1ccccc1.O=C=O.O=C=O.O=C=O.O=C=O.c1ccccc1. The molecular formula is C52H60O36. The average molecular weight is 1260 g/mol. The van der Waals surface area contributed by atoms with E-state index < -0.39 is 139 Å². The van der Waals surface area contributed by atoms with Crippen LogP contribution in [0.1, 0.15) is 87.9 Å². The molecule has 0 aliphatic rings. The molecule has 36 nitrogen and oxygen atoms in total. The van der Waals surface area contributed by atoms with Crippen molar-refractivity contribution in [3.05, 3.63) is 120 Å². The summed E-state index contributed by atoms with van der Waals surface area (Å²) < 4.78 is 0. The van der Waals surface area contributed by atoms with Gasteiger partial charge in [0.15, 0.2) is 11.7 Å². The van der Waals surface area contributed by atoms with Crippen molar-refractivity contribution >= 4 is 108 Å². The molecule has 0 aliphatic carbocycles. The van der Waals surface area contributed by atoms with Gasteiger partial charge in [-0.1, -0.05) is 87.6 Å². The summed E-state index contributed by atoms with van der Waals surface area (Å²) in [7, 11) is 0. The van der Waals surface area contributed by atoms with E-state index >= 15 is 0 Å². The highest BCUT2D eigenvalue weighted by Gasteiger charge is 2.39. The smallest absolute Gasteiger partial charge is 0.373 e. The molecule has 0 amide bonds. The quantitative estimate of drug-likeness (QED) is 0.0660. The van der Waals surface area contributed by atoms with Crippen LogP contribution in [0.25, 0.3) is 0 Å². The van der Waals surface area contributed by atoms with Gasteiger partial charge in [0.1, 0.15) is 17.5 Å². The molecule has 0 spiro atoms. The fourth-order valence-corrected chi connectivity index (χ4v) is 4.39. The molecule has 0 heterocycles. The Labute approximate surface area is 494 Å². The summed E-state index contributed by atoms with van der Waals surface area (Å²) in [5.74, 6) is -20.7. The van der Waals surface area contributed by atoms with Gasteiger partial charge in [0, 0.05) is 18.9 Å². The lowest BCUT2D eigenvalue weighted by atomic mass is 9.94. The van der Waals surface area contributed by atoms with Gasteiger partial charge in [0.05, 0.1) is 48.3 Å². The molecule has 0 saturated carbocycles. The Kier molecular flexibility index (Phi) is 69.5. The van der Waals surface area contributed by atoms with Crippen LogP contribution in [0.3, 0.4) is 0 Å². The van der Waals surface area contributed by atoms with E-state index in [-0.39, 0.29) is 51.7 Å². The molecular weight excluding hydrogens is 1200 g/mol. The molecule has 3 aromatic carbocycles. The molecule has 3 rings (SSSR count). The van der Waals surface area contributed by atoms with Gasteiger partial charge in [-0.3, -0.25) is 38.4 Å². The lowest BCUT2D eigenvalue weighted by molar-refractivity contribution is -0.193. The van der Waals surface area contributed by atoms with E-state index in [1.54, 1.807) is 60.7 Å². The van der Waals surface area contributed by atoms with E-state index in [1.807, 2.05) is 36.4 Å². The van der Waals surface area contributed by atoms with Crippen molar-refractivity contribution < 1.29 is 177 Å². The number of Topliss-reactive ketones (excluding diaryl/α,β-unsaturated/α-hetero) is 2. The third-order valence-electron chi connectivity index (χ3n) is 7.64. The van der Waals surface area contributed by atoms with E-state index in [2.05, 4.69) is 0 Å². The zero-order valence-corrected chi connectivity index (χ0v) is 44.0. The van der Waals surface area contributed by atoms with Crippen molar-refractivity contribution in [2.75, 3.05) is 0 Å². The van der Waals surface area contributed by atoms with Crippen LogP contribution < -0.4 is 0 Å². The Morgan fingerprint density at radius 2 is 0.727 bits per heavy atom. The lowest BCUT2D eigenvalue weighted by Crippen LogP contribution is -2.42. The summed E-state index contributed by atoms with van der Waals surface area (Å²) in [4.78, 5) is 208. The number of hydrogen-bond acceptors (Lipinski definition) is 24. The second kappa shape index (κ2) is 62.4. The van der Waals surface area contributed by atoms with Crippen LogP contribution in [-0.2, 0) is 95.9 Å². The third-order valence-corrected chi connectivity index (χ3v) is 7.64. The van der Waals surface area contributed by atoms with E-state index in [4.69, 9.17) is 105 Å². The van der Waals surface area contributed by atoms with Crippen LogP contribution in [0, 0.1) is 11.8 Å². The van der Waals surface area contributed by atoms with E-state index in [0.29, 0.717) is 17.2 Å². The van der Waals surface area contributed by atoms with Gasteiger partial charge in [-0.15, -0.1) is 0 Å². The van der Waals surface area contributed by atoms with Crippen molar-refractivity contribution in [3.8, 4) is 0 Å². The van der Waals surface area contributed by atoms with Crippen molar-refractivity contribution in [1.82, 2.24) is 0 Å². The van der Waals surface area contributed by atoms with Gasteiger partial charge in [-0.25, -0.2) is 28.8 Å². The number of carbonyl (C=O) groups excluding carboxylic acids is 10. The first-order chi connectivity index (χ1) is 39.8. The lowest BCUT2D eigenvalue weighted by Gasteiger charge is -2.19. The Bertz CT molecular complexity index is 2620. The fraction of sp³-hybridized carbons (Fsp3) is 0.269. The first-order valence-corrected chi connectivity index (χ1v) is 21.7. The largest absolute Gasteiger partial charge is 0.481 e. The maximum atomic E-state index is 10.5. The van der Waals surface area contributed by atoms with Crippen molar-refractivity contribution in [1.29, 1.82) is 0 Å². The Balaban J connectivity index is -0.0000000979. The summed E-state index contributed by atoms with van der Waals surface area (Å²) >= 11 is 0. The number of carbonyl (C=O) groups is 14. The minimum atomic E-state index is -2.49. The van der Waals surface area contributed by atoms with Gasteiger partial charge in [-0.05, 0) is 38.1 Å². The number of carboxylic acid groups (broad SMARTS) is 12. The van der Waals surface area contributed by atoms with Gasteiger partial charge in [0.25, 0.3) is 0 Å².